The molecule has 4 aromatic carbocycles. The number of halogens is 2. The molecule has 0 fully saturated rings. The van der Waals surface area contributed by atoms with Gasteiger partial charge in [0.15, 0.2) is 0 Å². The standard InChI is InChI=1S/C37H18Br2N8/c38-24-12-21(18-40)13-25(16-24)46-32-5-1-2-6-33(32)47-34-15-22(7-8-30(34)44-37(46)47)35-23(19-41)14-26(17-29(35)39)45-31-9-11-42-20-28(31)27-4-3-10-43-36(27)45/h1-17,20H. The van der Waals surface area contributed by atoms with Gasteiger partial charge in [0.1, 0.15) is 5.65 Å². The van der Waals surface area contributed by atoms with Crippen molar-refractivity contribution < 1.29 is 0 Å². The van der Waals surface area contributed by atoms with E-state index in [1.54, 1.807) is 18.5 Å². The summed E-state index contributed by atoms with van der Waals surface area (Å²) in [6.07, 6.45) is 5.39. The Morgan fingerprint density at radius 2 is 1.53 bits per heavy atom. The summed E-state index contributed by atoms with van der Waals surface area (Å²) < 4.78 is 7.87. The highest BCUT2D eigenvalue weighted by Crippen LogP contribution is 2.39. The summed E-state index contributed by atoms with van der Waals surface area (Å²) in [5.74, 6) is 0.726. The van der Waals surface area contributed by atoms with Gasteiger partial charge in [0.2, 0.25) is 5.78 Å². The van der Waals surface area contributed by atoms with Gasteiger partial charge in [-0.2, -0.15) is 10.5 Å². The molecule has 0 radical (unpaired) electrons. The van der Waals surface area contributed by atoms with Crippen LogP contribution in [-0.4, -0.2) is 28.5 Å². The largest absolute Gasteiger partial charge is 0.294 e. The maximum atomic E-state index is 10.5. The minimum absolute atomic E-state index is 0.523. The number of hydrogen-bond acceptors (Lipinski definition) is 5. The summed E-state index contributed by atoms with van der Waals surface area (Å²) in [6.45, 7) is 0. The third-order valence-electron chi connectivity index (χ3n) is 8.54. The van der Waals surface area contributed by atoms with Crippen molar-refractivity contribution in [3.63, 3.8) is 0 Å². The molecule has 0 bridgehead atoms. The van der Waals surface area contributed by atoms with Crippen LogP contribution in [0.1, 0.15) is 11.1 Å². The Kier molecular flexibility index (Phi) is 6.06. The fraction of sp³-hybridized carbons (Fsp3) is 0. The van der Waals surface area contributed by atoms with E-state index in [2.05, 4.69) is 85.7 Å². The number of rotatable bonds is 3. The minimum Gasteiger partial charge on any atom is -0.294 e. The van der Waals surface area contributed by atoms with Crippen LogP contribution in [0.25, 0.3) is 72.3 Å². The normalized spacial score (nSPS) is 11.6. The SMILES string of the molecule is N#Cc1cc(Br)cc(-n2c3ccccc3n3c4cc(-c5c(Br)cc(-n6c7ccncc7c7cccnc76)cc5C#N)ccc4nc23)c1. The molecule has 0 aliphatic rings. The average Bonchev–Trinajstić information content (AvgIpc) is 3.74. The molecule has 5 heterocycles. The summed E-state index contributed by atoms with van der Waals surface area (Å²) in [6, 6.07) is 34.4. The van der Waals surface area contributed by atoms with Crippen molar-refractivity contribution in [3.05, 3.63) is 130 Å². The molecule has 0 saturated heterocycles. The lowest BCUT2D eigenvalue weighted by atomic mass is 9.99. The minimum atomic E-state index is 0.523. The molecule has 0 spiro atoms. The number of benzene rings is 4. The van der Waals surface area contributed by atoms with E-state index < -0.39 is 0 Å². The summed E-state index contributed by atoms with van der Waals surface area (Å²) in [7, 11) is 0. The molecule has 0 N–H and O–H groups in total. The van der Waals surface area contributed by atoms with Crippen LogP contribution in [0.3, 0.4) is 0 Å². The lowest BCUT2D eigenvalue weighted by molar-refractivity contribution is 1.11. The first-order valence-corrected chi connectivity index (χ1v) is 16.2. The van der Waals surface area contributed by atoms with Crippen molar-refractivity contribution in [2.24, 2.45) is 0 Å². The maximum Gasteiger partial charge on any atom is 0.220 e. The van der Waals surface area contributed by atoms with Gasteiger partial charge in [0.25, 0.3) is 0 Å². The molecule has 47 heavy (non-hydrogen) atoms. The molecule has 0 saturated carbocycles. The topological polar surface area (TPSA) is 101 Å². The molecule has 0 aliphatic carbocycles. The Bertz CT molecular complexity index is 2810. The molecule has 10 heteroatoms. The van der Waals surface area contributed by atoms with Crippen LogP contribution < -0.4 is 0 Å². The van der Waals surface area contributed by atoms with E-state index in [0.29, 0.717) is 11.1 Å². The quantitative estimate of drug-likeness (QED) is 0.180. The monoisotopic (exact) mass is 732 g/mol. The van der Waals surface area contributed by atoms with E-state index >= 15 is 0 Å². The zero-order valence-corrected chi connectivity index (χ0v) is 27.4. The van der Waals surface area contributed by atoms with Crippen molar-refractivity contribution >= 4 is 81.6 Å². The zero-order chi connectivity index (χ0) is 31.8. The Balaban J connectivity index is 1.27. The van der Waals surface area contributed by atoms with E-state index in [4.69, 9.17) is 4.98 Å². The number of nitrogens with zero attached hydrogens (tertiary/aromatic N) is 8. The second kappa shape index (κ2) is 10.4. The number of fused-ring (bicyclic) bond motifs is 8. The van der Waals surface area contributed by atoms with Gasteiger partial charge in [-0.15, -0.1) is 0 Å². The fourth-order valence-corrected chi connectivity index (χ4v) is 7.79. The molecule has 0 aliphatic heterocycles. The second-order valence-corrected chi connectivity index (χ2v) is 12.9. The number of para-hydroxylation sites is 2. The van der Waals surface area contributed by atoms with Crippen molar-refractivity contribution in [1.82, 2.24) is 28.5 Å². The van der Waals surface area contributed by atoms with Crippen LogP contribution in [0.15, 0.2) is 119 Å². The predicted molar refractivity (Wildman–Crippen MR) is 190 cm³/mol. The van der Waals surface area contributed by atoms with Crippen molar-refractivity contribution in [2.75, 3.05) is 0 Å². The molecule has 8 nitrogen and oxygen atoms in total. The van der Waals surface area contributed by atoms with E-state index in [9.17, 15) is 10.5 Å². The van der Waals surface area contributed by atoms with Gasteiger partial charge in [-0.25, -0.2) is 9.97 Å². The van der Waals surface area contributed by atoms with Gasteiger partial charge in [-0.1, -0.05) is 50.1 Å². The smallest absolute Gasteiger partial charge is 0.220 e. The molecule has 9 aromatic rings. The zero-order valence-electron chi connectivity index (χ0n) is 24.2. The molecule has 0 atom stereocenters. The van der Waals surface area contributed by atoms with Gasteiger partial charge >= 0.3 is 0 Å². The van der Waals surface area contributed by atoms with Crippen LogP contribution >= 0.6 is 31.9 Å². The highest BCUT2D eigenvalue weighted by atomic mass is 79.9. The number of pyridine rings is 2. The van der Waals surface area contributed by atoms with Crippen molar-refractivity contribution in [3.8, 4) is 34.6 Å². The van der Waals surface area contributed by atoms with Crippen molar-refractivity contribution in [1.29, 1.82) is 10.5 Å². The van der Waals surface area contributed by atoms with Crippen LogP contribution in [0.5, 0.6) is 0 Å². The van der Waals surface area contributed by atoms with E-state index in [0.717, 1.165) is 81.2 Å². The molecular weight excluding hydrogens is 716 g/mol. The Morgan fingerprint density at radius 1 is 0.681 bits per heavy atom. The first-order valence-electron chi connectivity index (χ1n) is 14.6. The Hall–Kier alpha value is -5.81. The van der Waals surface area contributed by atoms with E-state index in [1.165, 1.54) is 0 Å². The lowest BCUT2D eigenvalue weighted by Crippen LogP contribution is -1.98. The number of imidazole rings is 2. The van der Waals surface area contributed by atoms with Crippen LogP contribution in [0, 0.1) is 22.7 Å². The first-order chi connectivity index (χ1) is 23.0. The number of hydrogen-bond donors (Lipinski definition) is 0. The molecular formula is C37H18Br2N8. The molecule has 5 aromatic heterocycles. The molecule has 0 amide bonds. The second-order valence-electron chi connectivity index (χ2n) is 11.1. The molecule has 220 valence electrons. The van der Waals surface area contributed by atoms with Gasteiger partial charge in [0, 0.05) is 43.9 Å². The summed E-state index contributed by atoms with van der Waals surface area (Å²) in [5.41, 5.74) is 9.81. The number of nitriles is 2. The maximum absolute atomic E-state index is 10.5. The summed E-state index contributed by atoms with van der Waals surface area (Å²) in [5, 5.41) is 22.1. The average molecular weight is 734 g/mol. The Labute approximate surface area is 283 Å². The van der Waals surface area contributed by atoms with E-state index in [1.807, 2.05) is 72.9 Å². The third kappa shape index (κ3) is 4.06. The predicted octanol–water partition coefficient (Wildman–Crippen LogP) is 9.25. The highest BCUT2D eigenvalue weighted by Gasteiger charge is 2.21. The fourth-order valence-electron chi connectivity index (χ4n) is 6.63. The molecule has 9 rings (SSSR count). The summed E-state index contributed by atoms with van der Waals surface area (Å²) in [4.78, 5) is 14.1. The van der Waals surface area contributed by atoms with Crippen LogP contribution in [0.2, 0.25) is 0 Å². The van der Waals surface area contributed by atoms with Gasteiger partial charge in [0.05, 0.1) is 62.2 Å². The Morgan fingerprint density at radius 3 is 2.38 bits per heavy atom. The van der Waals surface area contributed by atoms with Crippen molar-refractivity contribution in [2.45, 2.75) is 0 Å². The van der Waals surface area contributed by atoms with Gasteiger partial charge < -0.3 is 0 Å². The van der Waals surface area contributed by atoms with Crippen LogP contribution in [-0.2, 0) is 0 Å². The highest BCUT2D eigenvalue weighted by molar-refractivity contribution is 9.10. The number of aromatic nitrogens is 6. The van der Waals surface area contributed by atoms with E-state index in [-0.39, 0.29) is 0 Å². The molecule has 0 unspecified atom stereocenters. The third-order valence-corrected chi connectivity index (χ3v) is 9.62. The summed E-state index contributed by atoms with van der Waals surface area (Å²) >= 11 is 7.40. The van der Waals surface area contributed by atoms with Gasteiger partial charge in [-0.05, 0) is 78.4 Å². The van der Waals surface area contributed by atoms with Gasteiger partial charge in [-0.3, -0.25) is 18.5 Å². The van der Waals surface area contributed by atoms with Crippen LogP contribution in [0.4, 0.5) is 0 Å². The first kappa shape index (κ1) is 27.5. The lowest BCUT2D eigenvalue weighted by Gasteiger charge is -2.13.